The molecule has 0 aliphatic rings. The van der Waals surface area contributed by atoms with E-state index in [2.05, 4.69) is 15.9 Å². The van der Waals surface area contributed by atoms with Crippen molar-refractivity contribution in [1.29, 1.82) is 0 Å². The first kappa shape index (κ1) is 16.3. The van der Waals surface area contributed by atoms with Gasteiger partial charge in [0.1, 0.15) is 0 Å². The van der Waals surface area contributed by atoms with Gasteiger partial charge in [-0.3, -0.25) is 4.79 Å². The monoisotopic (exact) mass is 360 g/mol. The molecule has 0 spiro atoms. The van der Waals surface area contributed by atoms with Crippen LogP contribution in [0.1, 0.15) is 22.8 Å². The lowest BCUT2D eigenvalue weighted by atomic mass is 10.1. The maximum absolute atomic E-state index is 12.1. The molecule has 0 atom stereocenters. The van der Waals surface area contributed by atoms with Crippen LogP contribution < -0.4 is 9.47 Å². The highest BCUT2D eigenvalue weighted by atomic mass is 79.9. The zero-order chi connectivity index (χ0) is 15.9. The van der Waals surface area contributed by atoms with Crippen molar-refractivity contribution >= 4 is 27.8 Å². The third-order valence-corrected chi connectivity index (χ3v) is 3.52. The number of rotatable bonds is 6. The Morgan fingerprint density at radius 1 is 1.18 bits per heavy atom. The number of allylic oxidation sites excluding steroid dienone is 1. The number of carbonyl (C=O) groups excluding carboxylic acids is 1. The fourth-order valence-corrected chi connectivity index (χ4v) is 2.37. The summed E-state index contributed by atoms with van der Waals surface area (Å²) in [6.45, 7) is 2.47. The summed E-state index contributed by atoms with van der Waals surface area (Å²) in [5.41, 5.74) is 1.52. The minimum absolute atomic E-state index is 0.0462. The van der Waals surface area contributed by atoms with Crippen LogP contribution in [0.25, 0.3) is 6.08 Å². The van der Waals surface area contributed by atoms with Crippen LogP contribution in [0.15, 0.2) is 53.0 Å². The Morgan fingerprint density at radius 3 is 2.68 bits per heavy atom. The van der Waals surface area contributed by atoms with Crippen molar-refractivity contribution < 1.29 is 14.3 Å². The van der Waals surface area contributed by atoms with E-state index in [-0.39, 0.29) is 5.78 Å². The van der Waals surface area contributed by atoms with Gasteiger partial charge in [0.25, 0.3) is 0 Å². The van der Waals surface area contributed by atoms with E-state index in [0.717, 1.165) is 10.0 Å². The van der Waals surface area contributed by atoms with Crippen molar-refractivity contribution in [2.24, 2.45) is 0 Å². The highest BCUT2D eigenvalue weighted by Gasteiger charge is 2.05. The molecular weight excluding hydrogens is 344 g/mol. The highest BCUT2D eigenvalue weighted by molar-refractivity contribution is 9.10. The van der Waals surface area contributed by atoms with E-state index in [9.17, 15) is 4.79 Å². The van der Waals surface area contributed by atoms with Gasteiger partial charge in [-0.1, -0.05) is 40.2 Å². The summed E-state index contributed by atoms with van der Waals surface area (Å²) in [5.74, 6) is 1.30. The predicted molar refractivity (Wildman–Crippen MR) is 91.7 cm³/mol. The first-order valence-electron chi connectivity index (χ1n) is 6.93. The largest absolute Gasteiger partial charge is 0.493 e. The molecule has 0 heterocycles. The van der Waals surface area contributed by atoms with Crippen LogP contribution in [-0.4, -0.2) is 19.5 Å². The third-order valence-electron chi connectivity index (χ3n) is 3.02. The molecular formula is C18H17BrO3. The quantitative estimate of drug-likeness (QED) is 0.550. The zero-order valence-electron chi connectivity index (χ0n) is 12.5. The highest BCUT2D eigenvalue weighted by Crippen LogP contribution is 2.28. The first-order chi connectivity index (χ1) is 10.6. The first-order valence-corrected chi connectivity index (χ1v) is 7.72. The standard InChI is InChI=1S/C18H17BrO3/c1-3-22-18-11-13(8-10-17(18)21-2)7-9-16(20)14-5-4-6-15(19)12-14/h4-12H,3H2,1-2H3/b9-7+. The van der Waals surface area contributed by atoms with Crippen LogP contribution in [-0.2, 0) is 0 Å². The summed E-state index contributed by atoms with van der Waals surface area (Å²) in [6.07, 6.45) is 3.32. The molecule has 2 rings (SSSR count). The fraction of sp³-hybridized carbons (Fsp3) is 0.167. The van der Waals surface area contributed by atoms with Crippen molar-refractivity contribution in [2.75, 3.05) is 13.7 Å². The molecule has 0 N–H and O–H groups in total. The molecule has 0 unspecified atom stereocenters. The van der Waals surface area contributed by atoms with Crippen LogP contribution in [0, 0.1) is 0 Å². The summed E-state index contributed by atoms with van der Waals surface area (Å²) in [7, 11) is 1.60. The zero-order valence-corrected chi connectivity index (χ0v) is 14.1. The number of methoxy groups -OCH3 is 1. The molecule has 0 bridgehead atoms. The Balaban J connectivity index is 2.19. The Labute approximate surface area is 138 Å². The number of hydrogen-bond acceptors (Lipinski definition) is 3. The molecule has 0 saturated carbocycles. The smallest absolute Gasteiger partial charge is 0.185 e. The topological polar surface area (TPSA) is 35.5 Å². The van der Waals surface area contributed by atoms with Crippen LogP contribution >= 0.6 is 15.9 Å². The fourth-order valence-electron chi connectivity index (χ4n) is 1.98. The average Bonchev–Trinajstić information content (AvgIpc) is 2.53. The number of benzene rings is 2. The van der Waals surface area contributed by atoms with E-state index >= 15 is 0 Å². The van der Waals surface area contributed by atoms with Gasteiger partial charge in [0, 0.05) is 10.0 Å². The van der Waals surface area contributed by atoms with Gasteiger partial charge in [-0.15, -0.1) is 0 Å². The Hall–Kier alpha value is -2.07. The lowest BCUT2D eigenvalue weighted by Crippen LogP contribution is -1.96. The van der Waals surface area contributed by atoms with Crippen molar-refractivity contribution in [3.8, 4) is 11.5 Å². The summed E-state index contributed by atoms with van der Waals surface area (Å²) in [4.78, 5) is 12.1. The molecule has 2 aromatic rings. The number of ketones is 1. The number of hydrogen-bond donors (Lipinski definition) is 0. The second kappa shape index (κ2) is 7.80. The van der Waals surface area contributed by atoms with Gasteiger partial charge in [0.15, 0.2) is 17.3 Å². The number of ether oxygens (including phenoxy) is 2. The molecule has 0 saturated heterocycles. The third kappa shape index (κ3) is 4.21. The van der Waals surface area contributed by atoms with Gasteiger partial charge in [-0.25, -0.2) is 0 Å². The molecule has 0 amide bonds. The molecule has 0 aliphatic carbocycles. The number of carbonyl (C=O) groups is 1. The van der Waals surface area contributed by atoms with E-state index in [4.69, 9.17) is 9.47 Å². The normalized spacial score (nSPS) is 10.7. The molecule has 0 fully saturated rings. The van der Waals surface area contributed by atoms with Gasteiger partial charge < -0.3 is 9.47 Å². The maximum atomic E-state index is 12.1. The lowest BCUT2D eigenvalue weighted by molar-refractivity contribution is 0.104. The van der Waals surface area contributed by atoms with E-state index in [1.807, 2.05) is 37.3 Å². The summed E-state index contributed by atoms with van der Waals surface area (Å²) in [5, 5.41) is 0. The molecule has 3 nitrogen and oxygen atoms in total. The molecule has 0 radical (unpaired) electrons. The van der Waals surface area contributed by atoms with Crippen LogP contribution in [0.3, 0.4) is 0 Å². The van der Waals surface area contributed by atoms with E-state index in [1.54, 1.807) is 31.4 Å². The van der Waals surface area contributed by atoms with E-state index in [1.165, 1.54) is 0 Å². The van der Waals surface area contributed by atoms with Gasteiger partial charge in [-0.2, -0.15) is 0 Å². The molecule has 2 aromatic carbocycles. The van der Waals surface area contributed by atoms with Gasteiger partial charge in [0.05, 0.1) is 13.7 Å². The molecule has 114 valence electrons. The minimum Gasteiger partial charge on any atom is -0.493 e. The maximum Gasteiger partial charge on any atom is 0.185 e. The minimum atomic E-state index is -0.0462. The molecule has 4 heteroatoms. The van der Waals surface area contributed by atoms with Crippen LogP contribution in [0.5, 0.6) is 11.5 Å². The predicted octanol–water partition coefficient (Wildman–Crippen LogP) is 4.75. The second-order valence-corrected chi connectivity index (χ2v) is 5.47. The Kier molecular flexibility index (Phi) is 5.78. The van der Waals surface area contributed by atoms with Crippen molar-refractivity contribution in [1.82, 2.24) is 0 Å². The van der Waals surface area contributed by atoms with Crippen LogP contribution in [0.2, 0.25) is 0 Å². The van der Waals surface area contributed by atoms with Gasteiger partial charge >= 0.3 is 0 Å². The molecule has 22 heavy (non-hydrogen) atoms. The average molecular weight is 361 g/mol. The van der Waals surface area contributed by atoms with E-state index in [0.29, 0.717) is 23.7 Å². The second-order valence-electron chi connectivity index (χ2n) is 4.55. The lowest BCUT2D eigenvalue weighted by Gasteiger charge is -2.09. The Morgan fingerprint density at radius 2 is 2.00 bits per heavy atom. The molecule has 0 aromatic heterocycles. The van der Waals surface area contributed by atoms with Crippen molar-refractivity contribution in [3.05, 3.63) is 64.1 Å². The summed E-state index contributed by atoms with van der Waals surface area (Å²) >= 11 is 3.36. The summed E-state index contributed by atoms with van der Waals surface area (Å²) in [6, 6.07) is 12.9. The van der Waals surface area contributed by atoms with Gasteiger partial charge in [-0.05, 0) is 42.8 Å². The Bertz CT molecular complexity index is 692. The SMILES string of the molecule is CCOc1cc(/C=C/C(=O)c2cccc(Br)c2)ccc1OC. The van der Waals surface area contributed by atoms with Gasteiger partial charge in [0.2, 0.25) is 0 Å². The van der Waals surface area contributed by atoms with E-state index < -0.39 is 0 Å². The van der Waals surface area contributed by atoms with Crippen molar-refractivity contribution in [3.63, 3.8) is 0 Å². The number of halogens is 1. The van der Waals surface area contributed by atoms with Crippen molar-refractivity contribution in [2.45, 2.75) is 6.92 Å². The molecule has 0 aliphatic heterocycles. The van der Waals surface area contributed by atoms with Crippen LogP contribution in [0.4, 0.5) is 0 Å². The summed E-state index contributed by atoms with van der Waals surface area (Å²) < 4.78 is 11.6.